The van der Waals surface area contributed by atoms with E-state index in [-0.39, 0.29) is 11.7 Å². The molecule has 0 saturated heterocycles. The van der Waals surface area contributed by atoms with Gasteiger partial charge in [0, 0.05) is 24.7 Å². The van der Waals surface area contributed by atoms with Gasteiger partial charge in [0.25, 0.3) is 5.91 Å². The fraction of sp³-hybridized carbons (Fsp3) is 0.250. The van der Waals surface area contributed by atoms with Crippen molar-refractivity contribution < 1.29 is 9.59 Å². The van der Waals surface area contributed by atoms with Crippen LogP contribution in [-0.4, -0.2) is 28.2 Å². The second-order valence-corrected chi connectivity index (χ2v) is 5.04. The number of hydrogen-bond acceptors (Lipinski definition) is 4. The number of Topliss-reactive ketones (excluding diaryl/α,β-unsaturated/α-hetero) is 1. The molecule has 0 bridgehead atoms. The molecule has 106 valence electrons. The molecule has 1 aromatic heterocycles. The van der Waals surface area contributed by atoms with Crippen molar-refractivity contribution in [3.63, 3.8) is 0 Å². The zero-order valence-corrected chi connectivity index (χ0v) is 11.7. The van der Waals surface area contributed by atoms with Crippen LogP contribution in [0, 0.1) is 6.92 Å². The zero-order valence-electron chi connectivity index (χ0n) is 11.7. The molecule has 0 spiro atoms. The first-order valence-electron chi connectivity index (χ1n) is 6.89. The standard InChI is InChI=1S/C16H15N3O2/c1-11-9-18-13(10-17-11)16(21)19-8-4-7-15(20)12-5-2-3-6-14(12)19/h2-3,5-6,9-10H,4,7-8H2,1H3. The smallest absolute Gasteiger partial charge is 0.278 e. The first-order chi connectivity index (χ1) is 10.2. The molecule has 0 fully saturated rings. The van der Waals surface area contributed by atoms with E-state index in [2.05, 4.69) is 9.97 Å². The van der Waals surface area contributed by atoms with Crippen molar-refractivity contribution in [1.29, 1.82) is 0 Å². The quantitative estimate of drug-likeness (QED) is 0.805. The lowest BCUT2D eigenvalue weighted by Gasteiger charge is -2.21. The molecule has 2 aromatic rings. The Hall–Kier alpha value is -2.56. The summed E-state index contributed by atoms with van der Waals surface area (Å²) in [5.74, 6) is -0.138. The van der Waals surface area contributed by atoms with Crippen LogP contribution in [0.2, 0.25) is 0 Å². The number of hydrogen-bond donors (Lipinski definition) is 0. The first-order valence-corrected chi connectivity index (χ1v) is 6.89. The van der Waals surface area contributed by atoms with Gasteiger partial charge in [0.1, 0.15) is 5.69 Å². The van der Waals surface area contributed by atoms with Gasteiger partial charge in [-0.15, -0.1) is 0 Å². The number of anilines is 1. The lowest BCUT2D eigenvalue weighted by atomic mass is 10.1. The number of para-hydroxylation sites is 1. The van der Waals surface area contributed by atoms with Gasteiger partial charge >= 0.3 is 0 Å². The minimum Gasteiger partial charge on any atom is -0.306 e. The summed E-state index contributed by atoms with van der Waals surface area (Å²) >= 11 is 0. The van der Waals surface area contributed by atoms with Gasteiger partial charge in [-0.2, -0.15) is 0 Å². The molecule has 1 amide bonds. The van der Waals surface area contributed by atoms with Gasteiger partial charge in [-0.25, -0.2) is 4.98 Å². The number of rotatable bonds is 1. The lowest BCUT2D eigenvalue weighted by molar-refractivity contribution is 0.0971. The minimum atomic E-state index is -0.218. The van der Waals surface area contributed by atoms with E-state index in [1.54, 1.807) is 23.2 Å². The Kier molecular flexibility index (Phi) is 3.48. The Labute approximate surface area is 122 Å². The van der Waals surface area contributed by atoms with Crippen molar-refractivity contribution in [2.45, 2.75) is 19.8 Å². The summed E-state index contributed by atoms with van der Waals surface area (Å²) in [6, 6.07) is 7.22. The number of ketones is 1. The van der Waals surface area contributed by atoms with E-state index in [0.717, 1.165) is 5.69 Å². The summed E-state index contributed by atoms with van der Waals surface area (Å²) in [5, 5.41) is 0. The van der Waals surface area contributed by atoms with Crippen LogP contribution >= 0.6 is 0 Å². The molecular formula is C16H15N3O2. The highest BCUT2D eigenvalue weighted by Crippen LogP contribution is 2.27. The summed E-state index contributed by atoms with van der Waals surface area (Å²) in [4.78, 5) is 34.6. The van der Waals surface area contributed by atoms with E-state index in [0.29, 0.717) is 36.3 Å². The molecule has 1 aliphatic rings. The molecule has 1 aromatic carbocycles. The largest absolute Gasteiger partial charge is 0.306 e. The Balaban J connectivity index is 2.01. The summed E-state index contributed by atoms with van der Waals surface area (Å²) in [5.41, 5.74) is 2.32. The number of carbonyl (C=O) groups is 2. The Bertz CT molecular complexity index is 695. The van der Waals surface area contributed by atoms with Crippen LogP contribution in [0.15, 0.2) is 36.7 Å². The molecule has 0 atom stereocenters. The van der Waals surface area contributed by atoms with Crippen LogP contribution in [0.1, 0.15) is 39.4 Å². The normalized spacial score (nSPS) is 14.5. The Morgan fingerprint density at radius 1 is 1.19 bits per heavy atom. The molecule has 2 heterocycles. The van der Waals surface area contributed by atoms with Crippen molar-refractivity contribution in [2.75, 3.05) is 11.4 Å². The molecule has 1 aliphatic heterocycles. The maximum atomic E-state index is 12.6. The van der Waals surface area contributed by atoms with Gasteiger partial charge in [-0.3, -0.25) is 14.6 Å². The van der Waals surface area contributed by atoms with Gasteiger partial charge in [0.2, 0.25) is 0 Å². The predicted molar refractivity (Wildman–Crippen MR) is 78.5 cm³/mol. The second kappa shape index (κ2) is 5.44. The van der Waals surface area contributed by atoms with Crippen molar-refractivity contribution in [3.05, 3.63) is 53.6 Å². The third-order valence-electron chi connectivity index (χ3n) is 3.53. The molecule has 0 aliphatic carbocycles. The van der Waals surface area contributed by atoms with Gasteiger partial charge in [-0.1, -0.05) is 12.1 Å². The van der Waals surface area contributed by atoms with Crippen LogP contribution in [0.25, 0.3) is 0 Å². The molecule has 0 radical (unpaired) electrons. The topological polar surface area (TPSA) is 63.2 Å². The van der Waals surface area contributed by atoms with Crippen LogP contribution in [-0.2, 0) is 0 Å². The lowest BCUT2D eigenvalue weighted by Crippen LogP contribution is -2.32. The minimum absolute atomic E-state index is 0.0795. The van der Waals surface area contributed by atoms with E-state index in [1.165, 1.54) is 6.20 Å². The number of benzene rings is 1. The van der Waals surface area contributed by atoms with Crippen molar-refractivity contribution in [1.82, 2.24) is 9.97 Å². The maximum absolute atomic E-state index is 12.6. The number of carbonyl (C=O) groups excluding carboxylic acids is 2. The van der Waals surface area contributed by atoms with Crippen molar-refractivity contribution >= 4 is 17.4 Å². The highest BCUT2D eigenvalue weighted by Gasteiger charge is 2.26. The summed E-state index contributed by atoms with van der Waals surface area (Å²) in [6.07, 6.45) is 4.16. The number of nitrogens with zero attached hydrogens (tertiary/aromatic N) is 3. The molecule has 21 heavy (non-hydrogen) atoms. The highest BCUT2D eigenvalue weighted by atomic mass is 16.2. The van der Waals surface area contributed by atoms with Gasteiger partial charge in [0.15, 0.2) is 5.78 Å². The number of aromatic nitrogens is 2. The molecule has 5 heteroatoms. The van der Waals surface area contributed by atoms with Gasteiger partial charge in [-0.05, 0) is 25.5 Å². The molecular weight excluding hydrogens is 266 g/mol. The third kappa shape index (κ3) is 2.54. The number of aryl methyl sites for hydroxylation is 1. The van der Waals surface area contributed by atoms with Gasteiger partial charge < -0.3 is 4.90 Å². The van der Waals surface area contributed by atoms with E-state index in [4.69, 9.17) is 0 Å². The predicted octanol–water partition coefficient (Wildman–Crippen LogP) is 2.41. The molecule has 0 N–H and O–H groups in total. The van der Waals surface area contributed by atoms with Crippen LogP contribution in [0.3, 0.4) is 0 Å². The van der Waals surface area contributed by atoms with E-state index < -0.39 is 0 Å². The van der Waals surface area contributed by atoms with Crippen LogP contribution in [0.4, 0.5) is 5.69 Å². The van der Waals surface area contributed by atoms with Gasteiger partial charge in [0.05, 0.1) is 17.6 Å². The van der Waals surface area contributed by atoms with Crippen molar-refractivity contribution in [2.24, 2.45) is 0 Å². The maximum Gasteiger partial charge on any atom is 0.278 e. The van der Waals surface area contributed by atoms with E-state index in [1.807, 2.05) is 19.1 Å². The fourth-order valence-electron chi connectivity index (χ4n) is 2.45. The molecule has 0 unspecified atom stereocenters. The van der Waals surface area contributed by atoms with Crippen LogP contribution in [0.5, 0.6) is 0 Å². The van der Waals surface area contributed by atoms with E-state index >= 15 is 0 Å². The third-order valence-corrected chi connectivity index (χ3v) is 3.53. The first kappa shape index (κ1) is 13.4. The summed E-state index contributed by atoms with van der Waals surface area (Å²) < 4.78 is 0. The summed E-state index contributed by atoms with van der Waals surface area (Å²) in [7, 11) is 0. The molecule has 5 nitrogen and oxygen atoms in total. The van der Waals surface area contributed by atoms with E-state index in [9.17, 15) is 9.59 Å². The fourth-order valence-corrected chi connectivity index (χ4v) is 2.45. The average molecular weight is 281 g/mol. The summed E-state index contributed by atoms with van der Waals surface area (Å²) in [6.45, 7) is 2.33. The zero-order chi connectivity index (χ0) is 14.8. The van der Waals surface area contributed by atoms with Crippen molar-refractivity contribution in [3.8, 4) is 0 Å². The molecule has 3 rings (SSSR count). The van der Waals surface area contributed by atoms with Crippen LogP contribution < -0.4 is 4.90 Å². The SMILES string of the molecule is Cc1cnc(C(=O)N2CCCC(=O)c3ccccc32)cn1. The Morgan fingerprint density at radius 2 is 2.00 bits per heavy atom. The number of amides is 1. The number of fused-ring (bicyclic) bond motifs is 1. The highest BCUT2D eigenvalue weighted by molar-refractivity contribution is 6.10. The monoisotopic (exact) mass is 281 g/mol. The average Bonchev–Trinajstić information content (AvgIpc) is 2.67. The second-order valence-electron chi connectivity index (χ2n) is 5.04. The Morgan fingerprint density at radius 3 is 2.76 bits per heavy atom. The molecule has 0 saturated carbocycles.